The second-order valence-corrected chi connectivity index (χ2v) is 7.12. The third-order valence-corrected chi connectivity index (χ3v) is 5.34. The third kappa shape index (κ3) is 3.74. The van der Waals surface area contributed by atoms with Gasteiger partial charge in [-0.1, -0.05) is 17.7 Å². The molecule has 2 rings (SSSR count). The number of anilines is 1. The fourth-order valence-corrected chi connectivity index (χ4v) is 4.02. The van der Waals surface area contributed by atoms with Gasteiger partial charge in [-0.15, -0.1) is 0 Å². The molecule has 8 heteroatoms. The normalized spacial score (nSPS) is 11.4. The molecule has 3 N–H and O–H groups in total. The van der Waals surface area contributed by atoms with E-state index in [4.69, 9.17) is 17.3 Å². The maximum atomic E-state index is 13.1. The van der Waals surface area contributed by atoms with E-state index in [2.05, 4.69) is 20.7 Å². The lowest BCUT2D eigenvalue weighted by Crippen LogP contribution is -2.14. The van der Waals surface area contributed by atoms with Crippen LogP contribution in [0.4, 0.5) is 10.1 Å². The summed E-state index contributed by atoms with van der Waals surface area (Å²) < 4.78 is 40.4. The number of hydrogen-bond acceptors (Lipinski definition) is 3. The summed E-state index contributed by atoms with van der Waals surface area (Å²) in [6.07, 6.45) is 0. The lowest BCUT2D eigenvalue weighted by Gasteiger charge is -2.11. The van der Waals surface area contributed by atoms with Crippen LogP contribution in [0, 0.1) is 5.82 Å². The lowest BCUT2D eigenvalue weighted by molar-refractivity contribution is 0.600. The highest BCUT2D eigenvalue weighted by atomic mass is 79.9. The van der Waals surface area contributed by atoms with Gasteiger partial charge < -0.3 is 5.73 Å². The highest BCUT2D eigenvalue weighted by Crippen LogP contribution is 2.27. The van der Waals surface area contributed by atoms with Crippen molar-refractivity contribution in [3.63, 3.8) is 0 Å². The molecule has 0 aliphatic heterocycles. The number of nitrogens with two attached hydrogens (primary N) is 1. The van der Waals surface area contributed by atoms with Gasteiger partial charge in [0.15, 0.2) is 0 Å². The number of nitrogens with one attached hydrogen (secondary N) is 1. The first-order valence-corrected chi connectivity index (χ1v) is 8.45. The van der Waals surface area contributed by atoms with Crippen LogP contribution in [0.5, 0.6) is 0 Å². The van der Waals surface area contributed by atoms with Crippen molar-refractivity contribution in [2.75, 3.05) is 4.72 Å². The Bertz CT molecular complexity index is 784. The predicted octanol–water partition coefficient (Wildman–Crippen LogP) is 3.50. The minimum absolute atomic E-state index is 0.0557. The van der Waals surface area contributed by atoms with E-state index in [0.717, 1.165) is 11.6 Å². The molecular weight excluding hydrogens is 383 g/mol. The molecule has 0 heterocycles. The second-order valence-electron chi connectivity index (χ2n) is 4.20. The maximum absolute atomic E-state index is 13.1. The van der Waals surface area contributed by atoms with E-state index in [1.165, 1.54) is 18.2 Å². The monoisotopic (exact) mass is 392 g/mol. The summed E-state index contributed by atoms with van der Waals surface area (Å²) in [6.45, 7) is 0.305. The first-order chi connectivity index (χ1) is 9.83. The van der Waals surface area contributed by atoms with Gasteiger partial charge in [0.1, 0.15) is 10.7 Å². The first-order valence-electron chi connectivity index (χ1n) is 5.80. The average Bonchev–Trinajstić information content (AvgIpc) is 2.42. The Balaban J connectivity index is 2.36. The number of sulfonamides is 1. The van der Waals surface area contributed by atoms with E-state index in [0.29, 0.717) is 11.0 Å². The molecule has 0 atom stereocenters. The second kappa shape index (κ2) is 6.31. The van der Waals surface area contributed by atoms with E-state index in [1.54, 1.807) is 12.1 Å². The minimum Gasteiger partial charge on any atom is -0.326 e. The number of hydrogen-bond donors (Lipinski definition) is 2. The Morgan fingerprint density at radius 1 is 1.24 bits per heavy atom. The summed E-state index contributed by atoms with van der Waals surface area (Å²) in [7, 11) is -3.82. The Kier molecular flexibility index (Phi) is 4.88. The van der Waals surface area contributed by atoms with E-state index in [-0.39, 0.29) is 15.6 Å². The zero-order valence-corrected chi connectivity index (χ0v) is 13.8. The molecule has 0 aromatic heterocycles. The summed E-state index contributed by atoms with van der Waals surface area (Å²) in [5, 5.41) is -0.159. The molecule has 112 valence electrons. The molecule has 0 amide bonds. The SMILES string of the molecule is NCc1ccc(S(=O)(=O)Nc2ccc(F)c(Cl)c2)c(Br)c1. The van der Waals surface area contributed by atoms with Crippen molar-refractivity contribution in [1.29, 1.82) is 0 Å². The highest BCUT2D eigenvalue weighted by molar-refractivity contribution is 9.10. The summed E-state index contributed by atoms with van der Waals surface area (Å²) >= 11 is 8.83. The average molecular weight is 394 g/mol. The molecule has 4 nitrogen and oxygen atoms in total. The van der Waals surface area contributed by atoms with Crippen LogP contribution in [0.25, 0.3) is 0 Å². The summed E-state index contributed by atoms with van der Waals surface area (Å²) in [5.41, 5.74) is 6.47. The smallest absolute Gasteiger partial charge is 0.263 e. The van der Waals surface area contributed by atoms with Crippen molar-refractivity contribution in [2.24, 2.45) is 5.73 Å². The molecule has 0 fully saturated rings. The quantitative estimate of drug-likeness (QED) is 0.835. The van der Waals surface area contributed by atoms with Gasteiger partial charge >= 0.3 is 0 Å². The van der Waals surface area contributed by atoms with Crippen LogP contribution in [0.15, 0.2) is 45.8 Å². The van der Waals surface area contributed by atoms with Crippen molar-refractivity contribution in [3.05, 3.63) is 57.3 Å². The van der Waals surface area contributed by atoms with E-state index < -0.39 is 15.8 Å². The van der Waals surface area contributed by atoms with Gasteiger partial charge in [-0.3, -0.25) is 4.72 Å². The molecule has 0 bridgehead atoms. The predicted molar refractivity (Wildman–Crippen MR) is 84.3 cm³/mol. The number of benzene rings is 2. The van der Waals surface area contributed by atoms with E-state index in [1.807, 2.05) is 0 Å². The summed E-state index contributed by atoms with van der Waals surface area (Å²) in [6, 6.07) is 8.28. The van der Waals surface area contributed by atoms with Crippen LogP contribution >= 0.6 is 27.5 Å². The molecule has 21 heavy (non-hydrogen) atoms. The topological polar surface area (TPSA) is 72.2 Å². The fraction of sp³-hybridized carbons (Fsp3) is 0.0769. The highest BCUT2D eigenvalue weighted by Gasteiger charge is 2.18. The Hall–Kier alpha value is -1.15. The maximum Gasteiger partial charge on any atom is 0.263 e. The lowest BCUT2D eigenvalue weighted by atomic mass is 10.2. The van der Waals surface area contributed by atoms with Crippen LogP contribution in [0.3, 0.4) is 0 Å². The van der Waals surface area contributed by atoms with Crippen LogP contribution < -0.4 is 10.5 Å². The number of rotatable bonds is 4. The summed E-state index contributed by atoms with van der Waals surface area (Å²) in [4.78, 5) is 0.0557. The van der Waals surface area contributed by atoms with Crippen LogP contribution in [-0.4, -0.2) is 8.42 Å². The molecular formula is C13H11BrClFN2O2S. The van der Waals surface area contributed by atoms with Gasteiger partial charge in [0.05, 0.1) is 10.7 Å². The summed E-state index contributed by atoms with van der Waals surface area (Å²) in [5.74, 6) is -0.618. The zero-order chi connectivity index (χ0) is 15.6. The van der Waals surface area contributed by atoms with E-state index >= 15 is 0 Å². The fourth-order valence-electron chi connectivity index (χ4n) is 1.66. The van der Waals surface area contributed by atoms with Gasteiger partial charge in [-0.2, -0.15) is 0 Å². The van der Waals surface area contributed by atoms with Crippen molar-refractivity contribution < 1.29 is 12.8 Å². The first kappa shape index (κ1) is 16.2. The van der Waals surface area contributed by atoms with Crippen molar-refractivity contribution in [1.82, 2.24) is 0 Å². The third-order valence-electron chi connectivity index (χ3n) is 2.69. The van der Waals surface area contributed by atoms with Gasteiger partial charge in [0.25, 0.3) is 10.0 Å². The molecule has 0 aliphatic rings. The molecule has 0 saturated heterocycles. The van der Waals surface area contributed by atoms with Crippen LogP contribution in [0.1, 0.15) is 5.56 Å². The van der Waals surface area contributed by atoms with Gasteiger partial charge in [-0.25, -0.2) is 12.8 Å². The van der Waals surface area contributed by atoms with Crippen molar-refractivity contribution in [2.45, 2.75) is 11.4 Å². The Morgan fingerprint density at radius 3 is 2.52 bits per heavy atom. The molecule has 0 saturated carbocycles. The molecule has 0 aliphatic carbocycles. The minimum atomic E-state index is -3.82. The van der Waals surface area contributed by atoms with Crippen molar-refractivity contribution >= 4 is 43.2 Å². The Morgan fingerprint density at radius 2 is 1.95 bits per heavy atom. The standard InChI is InChI=1S/C13H11BrClFN2O2S/c14-10-5-8(7-17)1-4-13(10)21(19,20)18-9-2-3-12(16)11(15)6-9/h1-6,18H,7,17H2. The molecule has 2 aromatic carbocycles. The van der Waals surface area contributed by atoms with Crippen molar-refractivity contribution in [3.8, 4) is 0 Å². The molecule has 0 spiro atoms. The van der Waals surface area contributed by atoms with Crippen LogP contribution in [-0.2, 0) is 16.6 Å². The Labute approximate surface area is 135 Å². The molecule has 0 unspecified atom stereocenters. The molecule has 2 aromatic rings. The number of halogens is 3. The molecule has 0 radical (unpaired) electrons. The van der Waals surface area contributed by atoms with Gasteiger partial charge in [-0.05, 0) is 51.8 Å². The van der Waals surface area contributed by atoms with Gasteiger partial charge in [0, 0.05) is 11.0 Å². The largest absolute Gasteiger partial charge is 0.326 e. The zero-order valence-electron chi connectivity index (χ0n) is 10.6. The van der Waals surface area contributed by atoms with Gasteiger partial charge in [0.2, 0.25) is 0 Å². The van der Waals surface area contributed by atoms with Crippen LogP contribution in [0.2, 0.25) is 5.02 Å². The van der Waals surface area contributed by atoms with E-state index in [9.17, 15) is 12.8 Å².